The molecule has 0 fully saturated rings. The molecule has 1 atom stereocenters. The number of benzene rings is 2. The summed E-state index contributed by atoms with van der Waals surface area (Å²) in [5.41, 5.74) is 4.05. The van der Waals surface area contributed by atoms with E-state index in [-0.39, 0.29) is 11.2 Å². The lowest BCUT2D eigenvalue weighted by molar-refractivity contribution is -0.115. The number of anilines is 1. The van der Waals surface area contributed by atoms with E-state index in [2.05, 4.69) is 35.2 Å². The second-order valence-electron chi connectivity index (χ2n) is 6.46. The van der Waals surface area contributed by atoms with Gasteiger partial charge in [-0.3, -0.25) is 4.79 Å². The molecule has 0 spiro atoms. The third kappa shape index (κ3) is 4.35. The molecule has 0 radical (unpaired) electrons. The molecule has 0 aliphatic rings. The predicted octanol–water partition coefficient (Wildman–Crippen LogP) is 5.32. The van der Waals surface area contributed by atoms with Gasteiger partial charge in [-0.05, 0) is 30.0 Å². The molecule has 4 nitrogen and oxygen atoms in total. The zero-order valence-corrected chi connectivity index (χ0v) is 16.0. The first kappa shape index (κ1) is 18.3. The molecule has 1 amide bonds. The van der Waals surface area contributed by atoms with Crippen molar-refractivity contribution in [2.45, 2.75) is 37.1 Å². The molecule has 1 heterocycles. The number of hydrogen-bond acceptors (Lipinski definition) is 3. The van der Waals surface area contributed by atoms with E-state index >= 15 is 0 Å². The summed E-state index contributed by atoms with van der Waals surface area (Å²) in [6.07, 6.45) is 1.80. The third-order valence-electron chi connectivity index (χ3n) is 4.14. The van der Waals surface area contributed by atoms with Gasteiger partial charge in [0, 0.05) is 5.69 Å². The molecule has 1 unspecified atom stereocenters. The van der Waals surface area contributed by atoms with Crippen molar-refractivity contribution in [3.05, 3.63) is 66.4 Å². The Kier molecular flexibility index (Phi) is 5.78. The lowest BCUT2D eigenvalue weighted by Crippen LogP contribution is -2.23. The summed E-state index contributed by atoms with van der Waals surface area (Å²) in [5.74, 6) is 0.328. The summed E-state index contributed by atoms with van der Waals surface area (Å²) in [4.78, 5) is 20.3. The van der Waals surface area contributed by atoms with E-state index in [9.17, 15) is 4.79 Å². The molecule has 134 valence electrons. The minimum Gasteiger partial charge on any atom is -0.333 e. The molecule has 0 aliphatic heterocycles. The number of carbonyl (C=O) groups is 1. The van der Waals surface area contributed by atoms with Gasteiger partial charge in [0.25, 0.3) is 0 Å². The van der Waals surface area contributed by atoms with Crippen LogP contribution in [0.1, 0.15) is 32.3 Å². The number of nitrogens with one attached hydrogen (secondary N) is 2. The maximum atomic E-state index is 12.6. The highest BCUT2D eigenvalue weighted by Crippen LogP contribution is 2.27. The van der Waals surface area contributed by atoms with E-state index in [4.69, 9.17) is 0 Å². The Labute approximate surface area is 158 Å². The molecule has 2 N–H and O–H groups in total. The van der Waals surface area contributed by atoms with E-state index in [0.29, 0.717) is 5.92 Å². The highest BCUT2D eigenvalue weighted by Gasteiger charge is 2.18. The van der Waals surface area contributed by atoms with Crippen LogP contribution in [-0.4, -0.2) is 21.1 Å². The molecule has 1 aromatic heterocycles. The molecule has 2 aromatic carbocycles. The van der Waals surface area contributed by atoms with Crippen LogP contribution in [0, 0.1) is 0 Å². The quantitative estimate of drug-likeness (QED) is 0.581. The van der Waals surface area contributed by atoms with Crippen LogP contribution < -0.4 is 5.32 Å². The van der Waals surface area contributed by atoms with Gasteiger partial charge in [-0.15, -0.1) is 0 Å². The number of aromatic amines is 1. The number of carbonyl (C=O) groups excluding carboxylic acids is 1. The van der Waals surface area contributed by atoms with Gasteiger partial charge >= 0.3 is 0 Å². The zero-order chi connectivity index (χ0) is 18.5. The number of imidazole rings is 1. The fraction of sp³-hybridized carbons (Fsp3) is 0.238. The Morgan fingerprint density at radius 2 is 1.73 bits per heavy atom. The van der Waals surface area contributed by atoms with E-state index in [1.807, 2.05) is 55.5 Å². The first-order valence-electron chi connectivity index (χ1n) is 8.71. The molecule has 0 saturated carbocycles. The number of aromatic nitrogens is 2. The normalized spacial score (nSPS) is 12.2. The van der Waals surface area contributed by atoms with Gasteiger partial charge in [0.05, 0.1) is 17.1 Å². The average Bonchev–Trinajstić information content (AvgIpc) is 3.11. The summed E-state index contributed by atoms with van der Waals surface area (Å²) in [6, 6.07) is 18.0. The fourth-order valence-corrected chi connectivity index (χ4v) is 3.48. The van der Waals surface area contributed by atoms with Crippen molar-refractivity contribution >= 4 is 23.4 Å². The van der Waals surface area contributed by atoms with Crippen LogP contribution in [0.2, 0.25) is 0 Å². The second kappa shape index (κ2) is 8.23. The first-order valence-corrected chi connectivity index (χ1v) is 9.59. The van der Waals surface area contributed by atoms with Crippen LogP contribution in [0.15, 0.2) is 66.0 Å². The smallest absolute Gasteiger partial charge is 0.237 e. The molecule has 3 aromatic rings. The van der Waals surface area contributed by atoms with E-state index in [0.717, 1.165) is 27.7 Å². The molecule has 0 bridgehead atoms. The van der Waals surface area contributed by atoms with Crippen molar-refractivity contribution in [1.82, 2.24) is 9.97 Å². The lowest BCUT2D eigenvalue weighted by atomic mass is 10.0. The maximum Gasteiger partial charge on any atom is 0.237 e. The number of hydrogen-bond donors (Lipinski definition) is 2. The number of para-hydroxylation sites is 1. The summed E-state index contributed by atoms with van der Waals surface area (Å²) < 4.78 is 0. The highest BCUT2D eigenvalue weighted by atomic mass is 32.2. The van der Waals surface area contributed by atoms with Crippen molar-refractivity contribution in [2.75, 3.05) is 5.32 Å². The Bertz CT molecular complexity index is 874. The number of rotatable bonds is 6. The fourth-order valence-electron chi connectivity index (χ4n) is 2.70. The van der Waals surface area contributed by atoms with Gasteiger partial charge < -0.3 is 10.3 Å². The third-order valence-corrected chi connectivity index (χ3v) is 5.13. The van der Waals surface area contributed by atoms with Crippen LogP contribution in [0.3, 0.4) is 0 Å². The van der Waals surface area contributed by atoms with Crippen LogP contribution in [0.5, 0.6) is 0 Å². The Morgan fingerprint density at radius 3 is 2.46 bits per heavy atom. The van der Waals surface area contributed by atoms with Crippen molar-refractivity contribution < 1.29 is 4.79 Å². The van der Waals surface area contributed by atoms with E-state index in [1.165, 1.54) is 11.8 Å². The molecular formula is C21H23N3OS. The number of thioether (sulfide) groups is 1. The first-order chi connectivity index (χ1) is 12.5. The SMILES string of the molecule is CC(Sc1ncc(-c2ccccc2)[nH]1)C(=O)Nc1ccccc1C(C)C. The Morgan fingerprint density at radius 1 is 1.04 bits per heavy atom. The van der Waals surface area contributed by atoms with Gasteiger partial charge in [0.1, 0.15) is 0 Å². The van der Waals surface area contributed by atoms with Crippen molar-refractivity contribution in [3.8, 4) is 11.3 Å². The molecule has 3 rings (SSSR count). The summed E-state index contributed by atoms with van der Waals surface area (Å²) in [7, 11) is 0. The van der Waals surface area contributed by atoms with Gasteiger partial charge in [0.15, 0.2) is 5.16 Å². The summed E-state index contributed by atoms with van der Waals surface area (Å²) in [5, 5.41) is 3.53. The Hall–Kier alpha value is -2.53. The van der Waals surface area contributed by atoms with Gasteiger partial charge in [-0.1, -0.05) is 74.1 Å². The maximum absolute atomic E-state index is 12.6. The number of H-pyrrole nitrogens is 1. The van der Waals surface area contributed by atoms with Crippen molar-refractivity contribution in [1.29, 1.82) is 0 Å². The van der Waals surface area contributed by atoms with Crippen LogP contribution >= 0.6 is 11.8 Å². The van der Waals surface area contributed by atoms with Gasteiger partial charge in [-0.25, -0.2) is 4.98 Å². The minimum atomic E-state index is -0.259. The van der Waals surface area contributed by atoms with Gasteiger partial charge in [0.2, 0.25) is 5.91 Å². The second-order valence-corrected chi connectivity index (χ2v) is 7.79. The standard InChI is InChI=1S/C21H23N3OS/c1-14(2)17-11-7-8-12-18(17)23-20(25)15(3)26-21-22-13-19(24-21)16-9-5-4-6-10-16/h4-15H,1-3H3,(H,22,24)(H,23,25). The zero-order valence-electron chi connectivity index (χ0n) is 15.2. The van der Waals surface area contributed by atoms with Crippen LogP contribution in [0.4, 0.5) is 5.69 Å². The number of nitrogens with zero attached hydrogens (tertiary/aromatic N) is 1. The van der Waals surface area contributed by atoms with Crippen LogP contribution in [-0.2, 0) is 4.79 Å². The monoisotopic (exact) mass is 365 g/mol. The largest absolute Gasteiger partial charge is 0.333 e. The van der Waals surface area contributed by atoms with E-state index in [1.54, 1.807) is 6.20 Å². The van der Waals surface area contributed by atoms with Gasteiger partial charge in [-0.2, -0.15) is 0 Å². The molecule has 0 aliphatic carbocycles. The highest BCUT2D eigenvalue weighted by molar-refractivity contribution is 8.00. The molecule has 5 heteroatoms. The summed E-state index contributed by atoms with van der Waals surface area (Å²) in [6.45, 7) is 6.14. The lowest BCUT2D eigenvalue weighted by Gasteiger charge is -2.15. The average molecular weight is 366 g/mol. The van der Waals surface area contributed by atoms with E-state index < -0.39 is 0 Å². The topological polar surface area (TPSA) is 57.8 Å². The van der Waals surface area contributed by atoms with Crippen molar-refractivity contribution in [2.24, 2.45) is 0 Å². The summed E-state index contributed by atoms with van der Waals surface area (Å²) >= 11 is 1.42. The predicted molar refractivity (Wildman–Crippen MR) is 109 cm³/mol. The molecule has 0 saturated heterocycles. The van der Waals surface area contributed by atoms with Crippen LogP contribution in [0.25, 0.3) is 11.3 Å². The molecular weight excluding hydrogens is 342 g/mol. The van der Waals surface area contributed by atoms with Crippen molar-refractivity contribution in [3.63, 3.8) is 0 Å². The number of amides is 1. The molecule has 26 heavy (non-hydrogen) atoms. The Balaban J connectivity index is 1.66. The minimum absolute atomic E-state index is 0.0271.